The third-order valence-corrected chi connectivity index (χ3v) is 4.41. The van der Waals surface area contributed by atoms with Crippen LogP contribution in [0.4, 0.5) is 10.5 Å². The van der Waals surface area contributed by atoms with Gasteiger partial charge in [0.25, 0.3) is 0 Å². The number of carbonyl (C=O) groups is 1. The number of halogens is 1. The highest BCUT2D eigenvalue weighted by molar-refractivity contribution is 6.30. The van der Waals surface area contributed by atoms with Crippen molar-refractivity contribution < 1.29 is 4.79 Å². The lowest BCUT2D eigenvalue weighted by Crippen LogP contribution is -2.34. The highest BCUT2D eigenvalue weighted by Gasteiger charge is 2.30. The molecule has 2 aromatic rings. The van der Waals surface area contributed by atoms with Crippen molar-refractivity contribution in [1.29, 1.82) is 0 Å². The van der Waals surface area contributed by atoms with E-state index < -0.39 is 0 Å². The van der Waals surface area contributed by atoms with Crippen molar-refractivity contribution in [2.24, 2.45) is 0 Å². The average molecular weight is 315 g/mol. The summed E-state index contributed by atoms with van der Waals surface area (Å²) < 4.78 is 0. The van der Waals surface area contributed by atoms with Gasteiger partial charge in [-0.1, -0.05) is 41.9 Å². The van der Waals surface area contributed by atoms with Crippen molar-refractivity contribution in [2.75, 3.05) is 11.9 Å². The fourth-order valence-corrected chi connectivity index (χ4v) is 3.07. The molecule has 3 nitrogen and oxygen atoms in total. The second-order valence-corrected chi connectivity index (χ2v) is 6.08. The minimum Gasteiger partial charge on any atom is -0.317 e. The molecular weight excluding hydrogens is 296 g/mol. The molecule has 1 aliphatic heterocycles. The van der Waals surface area contributed by atoms with E-state index in [1.807, 2.05) is 60.4 Å². The van der Waals surface area contributed by atoms with E-state index in [0.717, 1.165) is 41.2 Å². The molecule has 4 heteroatoms. The first-order chi connectivity index (χ1) is 10.6. The monoisotopic (exact) mass is 314 g/mol. The average Bonchev–Trinajstić information content (AvgIpc) is 3.00. The van der Waals surface area contributed by atoms with E-state index in [2.05, 4.69) is 5.32 Å². The quantitative estimate of drug-likeness (QED) is 0.829. The van der Waals surface area contributed by atoms with E-state index in [0.29, 0.717) is 0 Å². The second-order valence-electron chi connectivity index (χ2n) is 5.65. The Balaban J connectivity index is 1.76. The molecular formula is C18H19ClN2O. The van der Waals surface area contributed by atoms with Crippen molar-refractivity contribution in [2.45, 2.75) is 25.8 Å². The van der Waals surface area contributed by atoms with Crippen LogP contribution in [-0.2, 0) is 0 Å². The largest absolute Gasteiger partial charge is 0.322 e. The molecule has 0 saturated carbocycles. The Hall–Kier alpha value is -2.00. The van der Waals surface area contributed by atoms with Gasteiger partial charge in [0.15, 0.2) is 0 Å². The minimum absolute atomic E-state index is 0.0354. The zero-order valence-corrected chi connectivity index (χ0v) is 13.3. The van der Waals surface area contributed by atoms with Gasteiger partial charge in [0.05, 0.1) is 6.04 Å². The van der Waals surface area contributed by atoms with Crippen LogP contribution in [0.2, 0.25) is 5.02 Å². The Morgan fingerprint density at radius 3 is 2.64 bits per heavy atom. The first kappa shape index (κ1) is 14.9. The summed E-state index contributed by atoms with van der Waals surface area (Å²) in [5.41, 5.74) is 3.08. The molecule has 2 aromatic carbocycles. The summed E-state index contributed by atoms with van der Waals surface area (Å²) in [6.07, 6.45) is 2.01. The Labute approximate surface area is 135 Å². The van der Waals surface area contributed by atoms with Crippen LogP contribution in [0.5, 0.6) is 0 Å². The number of para-hydroxylation sites is 1. The van der Waals surface area contributed by atoms with Gasteiger partial charge in [-0.2, -0.15) is 0 Å². The smallest absolute Gasteiger partial charge is 0.317 e. The number of carbonyl (C=O) groups excluding carboxylic acids is 1. The summed E-state index contributed by atoms with van der Waals surface area (Å²) in [6.45, 7) is 2.78. The van der Waals surface area contributed by atoms with Gasteiger partial charge in [0.2, 0.25) is 0 Å². The molecule has 1 fully saturated rings. The molecule has 22 heavy (non-hydrogen) atoms. The summed E-state index contributed by atoms with van der Waals surface area (Å²) in [4.78, 5) is 14.5. The predicted octanol–water partition coefficient (Wildman–Crippen LogP) is 5.02. The highest BCUT2D eigenvalue weighted by Crippen LogP contribution is 2.33. The van der Waals surface area contributed by atoms with Gasteiger partial charge in [0, 0.05) is 17.3 Å². The Kier molecular flexibility index (Phi) is 4.34. The number of hydrogen-bond donors (Lipinski definition) is 1. The number of rotatable bonds is 2. The number of aryl methyl sites for hydroxylation is 1. The zero-order chi connectivity index (χ0) is 15.5. The van der Waals surface area contributed by atoms with Crippen molar-refractivity contribution in [3.63, 3.8) is 0 Å². The number of hydrogen-bond acceptors (Lipinski definition) is 1. The standard InChI is InChI=1S/C18H19ClN2O/c1-13-5-2-3-6-16(13)20-18(22)21-12-4-7-17(21)14-8-10-15(19)11-9-14/h2-3,5-6,8-11,17H,4,7,12H2,1H3,(H,20,22)/t17-/m0/s1. The maximum atomic E-state index is 12.6. The number of benzene rings is 2. The van der Waals surface area contributed by atoms with Gasteiger partial charge in [-0.15, -0.1) is 0 Å². The Morgan fingerprint density at radius 1 is 1.18 bits per heavy atom. The van der Waals surface area contributed by atoms with Gasteiger partial charge in [-0.3, -0.25) is 0 Å². The van der Waals surface area contributed by atoms with Gasteiger partial charge in [-0.25, -0.2) is 4.79 Å². The van der Waals surface area contributed by atoms with Crippen LogP contribution < -0.4 is 5.32 Å². The lowest BCUT2D eigenvalue weighted by molar-refractivity contribution is 0.207. The normalized spacial score (nSPS) is 17.5. The van der Waals surface area contributed by atoms with Crippen LogP contribution in [0.1, 0.15) is 30.0 Å². The molecule has 2 amide bonds. The van der Waals surface area contributed by atoms with Crippen LogP contribution in [-0.4, -0.2) is 17.5 Å². The lowest BCUT2D eigenvalue weighted by atomic mass is 10.1. The molecule has 0 spiro atoms. The van der Waals surface area contributed by atoms with Crippen LogP contribution in [0.25, 0.3) is 0 Å². The van der Waals surface area contributed by atoms with Gasteiger partial charge >= 0.3 is 6.03 Å². The third-order valence-electron chi connectivity index (χ3n) is 4.16. The van der Waals surface area contributed by atoms with Crippen LogP contribution >= 0.6 is 11.6 Å². The SMILES string of the molecule is Cc1ccccc1NC(=O)N1CCC[C@H]1c1ccc(Cl)cc1. The summed E-state index contributed by atoms with van der Waals surface area (Å²) >= 11 is 5.95. The van der Waals surface area contributed by atoms with E-state index in [1.54, 1.807) is 0 Å². The highest BCUT2D eigenvalue weighted by atomic mass is 35.5. The first-order valence-electron chi connectivity index (χ1n) is 7.54. The molecule has 0 aromatic heterocycles. The number of urea groups is 1. The van der Waals surface area contributed by atoms with Crippen molar-refractivity contribution >= 4 is 23.3 Å². The van der Waals surface area contributed by atoms with E-state index >= 15 is 0 Å². The number of amides is 2. The molecule has 114 valence electrons. The molecule has 1 atom stereocenters. The third kappa shape index (κ3) is 3.09. The fraction of sp³-hybridized carbons (Fsp3) is 0.278. The molecule has 1 saturated heterocycles. The number of anilines is 1. The molecule has 0 aliphatic carbocycles. The molecule has 3 rings (SSSR count). The molecule has 1 N–H and O–H groups in total. The summed E-state index contributed by atoms with van der Waals surface area (Å²) in [5, 5.41) is 3.74. The van der Waals surface area contributed by atoms with E-state index in [-0.39, 0.29) is 12.1 Å². The fourth-order valence-electron chi connectivity index (χ4n) is 2.94. The molecule has 0 radical (unpaired) electrons. The van der Waals surface area contributed by atoms with E-state index in [4.69, 9.17) is 11.6 Å². The van der Waals surface area contributed by atoms with Crippen LogP contribution in [0.3, 0.4) is 0 Å². The molecule has 0 unspecified atom stereocenters. The first-order valence-corrected chi connectivity index (χ1v) is 7.91. The predicted molar refractivity (Wildman–Crippen MR) is 90.3 cm³/mol. The Bertz CT molecular complexity index is 669. The van der Waals surface area contributed by atoms with E-state index in [9.17, 15) is 4.79 Å². The van der Waals surface area contributed by atoms with E-state index in [1.165, 1.54) is 0 Å². The second kappa shape index (κ2) is 6.41. The van der Waals surface area contributed by atoms with Gasteiger partial charge in [-0.05, 0) is 49.1 Å². The maximum Gasteiger partial charge on any atom is 0.322 e. The molecule has 0 bridgehead atoms. The van der Waals surface area contributed by atoms with Gasteiger partial charge < -0.3 is 10.2 Å². The summed E-state index contributed by atoms with van der Waals surface area (Å²) in [5.74, 6) is 0. The maximum absolute atomic E-state index is 12.6. The van der Waals surface area contributed by atoms with Crippen molar-refractivity contribution in [3.05, 3.63) is 64.7 Å². The number of nitrogens with one attached hydrogen (secondary N) is 1. The molecule has 1 aliphatic rings. The summed E-state index contributed by atoms with van der Waals surface area (Å²) in [6, 6.07) is 15.7. The molecule has 1 heterocycles. The zero-order valence-electron chi connectivity index (χ0n) is 12.6. The van der Waals surface area contributed by atoms with Crippen molar-refractivity contribution in [1.82, 2.24) is 4.90 Å². The van der Waals surface area contributed by atoms with Crippen LogP contribution in [0.15, 0.2) is 48.5 Å². The number of nitrogens with zero attached hydrogens (tertiary/aromatic N) is 1. The summed E-state index contributed by atoms with van der Waals surface area (Å²) in [7, 11) is 0. The number of likely N-dealkylation sites (tertiary alicyclic amines) is 1. The Morgan fingerprint density at radius 2 is 1.91 bits per heavy atom. The topological polar surface area (TPSA) is 32.3 Å². The van der Waals surface area contributed by atoms with Crippen molar-refractivity contribution in [3.8, 4) is 0 Å². The lowest BCUT2D eigenvalue weighted by Gasteiger charge is -2.25. The minimum atomic E-state index is -0.0354. The van der Waals surface area contributed by atoms with Gasteiger partial charge in [0.1, 0.15) is 0 Å². The van der Waals surface area contributed by atoms with Crippen LogP contribution in [0, 0.1) is 6.92 Å².